The predicted molar refractivity (Wildman–Crippen MR) is 54.7 cm³/mol. The number of nitrogen functional groups attached to an aromatic ring is 1. The fourth-order valence-corrected chi connectivity index (χ4v) is 2.29. The highest BCUT2D eigenvalue weighted by Gasteiger charge is 2.16. The Labute approximate surface area is 76.8 Å². The number of fused-ring (bicyclic) bond motifs is 3. The van der Waals surface area contributed by atoms with Crippen LogP contribution in [0.15, 0.2) is 18.2 Å². The number of H-pyrrole nitrogens is 1. The van der Waals surface area contributed by atoms with Crippen molar-refractivity contribution in [3.8, 4) is 0 Å². The number of aryl methyl sites for hydroxylation is 2. The zero-order valence-corrected chi connectivity index (χ0v) is 7.43. The molecule has 0 spiro atoms. The molecule has 0 saturated carbocycles. The maximum Gasteiger partial charge on any atom is 0.0692 e. The van der Waals surface area contributed by atoms with Gasteiger partial charge in [0.05, 0.1) is 11.2 Å². The highest BCUT2D eigenvalue weighted by Crippen LogP contribution is 2.32. The van der Waals surface area contributed by atoms with Crippen LogP contribution in [0.25, 0.3) is 10.9 Å². The summed E-state index contributed by atoms with van der Waals surface area (Å²) in [6.07, 6.45) is 3.67. The van der Waals surface area contributed by atoms with Gasteiger partial charge in [0.25, 0.3) is 0 Å². The molecule has 0 atom stereocenters. The molecule has 13 heavy (non-hydrogen) atoms. The van der Waals surface area contributed by atoms with E-state index in [0.29, 0.717) is 0 Å². The van der Waals surface area contributed by atoms with E-state index >= 15 is 0 Å². The summed E-state index contributed by atoms with van der Waals surface area (Å²) in [5, 5.41) is 1.33. The first-order valence-electron chi connectivity index (χ1n) is 4.74. The van der Waals surface area contributed by atoms with Crippen molar-refractivity contribution >= 4 is 16.6 Å². The molecule has 0 bridgehead atoms. The fraction of sp³-hybridized carbons (Fsp3) is 0.273. The van der Waals surface area contributed by atoms with Crippen LogP contribution in [0.1, 0.15) is 17.7 Å². The molecule has 0 radical (unpaired) electrons. The number of para-hydroxylation sites is 1. The zero-order valence-electron chi connectivity index (χ0n) is 7.43. The summed E-state index contributed by atoms with van der Waals surface area (Å²) < 4.78 is 0. The molecule has 66 valence electrons. The second-order valence-corrected chi connectivity index (χ2v) is 3.71. The van der Waals surface area contributed by atoms with E-state index in [2.05, 4.69) is 11.1 Å². The quantitative estimate of drug-likeness (QED) is 0.588. The van der Waals surface area contributed by atoms with Crippen LogP contribution in [-0.2, 0) is 12.8 Å². The SMILES string of the molecule is Nc1cccc2c3c([nH]c12)CCC3. The second kappa shape index (κ2) is 2.28. The maximum atomic E-state index is 5.89. The third-order valence-corrected chi connectivity index (χ3v) is 2.92. The van der Waals surface area contributed by atoms with Crippen molar-refractivity contribution in [2.24, 2.45) is 0 Å². The predicted octanol–water partition coefficient (Wildman–Crippen LogP) is 2.24. The highest BCUT2D eigenvalue weighted by molar-refractivity contribution is 5.93. The monoisotopic (exact) mass is 172 g/mol. The number of nitrogens with two attached hydrogens (primary N) is 1. The third-order valence-electron chi connectivity index (χ3n) is 2.92. The average Bonchev–Trinajstić information content (AvgIpc) is 2.65. The molecule has 0 unspecified atom stereocenters. The molecular formula is C11H12N2. The topological polar surface area (TPSA) is 41.8 Å². The van der Waals surface area contributed by atoms with Gasteiger partial charge in [0.1, 0.15) is 0 Å². The normalized spacial score (nSPS) is 15.1. The number of anilines is 1. The van der Waals surface area contributed by atoms with Gasteiger partial charge in [-0.3, -0.25) is 0 Å². The lowest BCUT2D eigenvalue weighted by atomic mass is 10.1. The molecule has 1 aromatic carbocycles. The molecule has 0 saturated heterocycles. The van der Waals surface area contributed by atoms with E-state index in [9.17, 15) is 0 Å². The van der Waals surface area contributed by atoms with Gasteiger partial charge >= 0.3 is 0 Å². The minimum absolute atomic E-state index is 0.868. The third kappa shape index (κ3) is 0.829. The molecule has 0 aliphatic heterocycles. The summed E-state index contributed by atoms with van der Waals surface area (Å²) in [5.41, 5.74) is 10.8. The first-order valence-corrected chi connectivity index (χ1v) is 4.74. The number of nitrogens with one attached hydrogen (secondary N) is 1. The molecule has 1 aliphatic rings. The Morgan fingerprint density at radius 3 is 3.08 bits per heavy atom. The number of hydrogen-bond donors (Lipinski definition) is 2. The first kappa shape index (κ1) is 7.01. The molecule has 1 aromatic heterocycles. The second-order valence-electron chi connectivity index (χ2n) is 3.71. The Morgan fingerprint density at radius 2 is 2.15 bits per heavy atom. The van der Waals surface area contributed by atoms with E-state index in [1.165, 1.54) is 35.9 Å². The van der Waals surface area contributed by atoms with Crippen LogP contribution in [-0.4, -0.2) is 4.98 Å². The summed E-state index contributed by atoms with van der Waals surface area (Å²) in [4.78, 5) is 3.42. The van der Waals surface area contributed by atoms with E-state index < -0.39 is 0 Å². The molecule has 0 amide bonds. The standard InChI is InChI=1S/C11H12N2/c12-9-5-1-4-8-7-3-2-6-10(7)13-11(8)9/h1,4-5,13H,2-3,6,12H2. The van der Waals surface area contributed by atoms with Crippen molar-refractivity contribution in [1.29, 1.82) is 0 Å². The Kier molecular flexibility index (Phi) is 1.23. The van der Waals surface area contributed by atoms with Crippen molar-refractivity contribution in [1.82, 2.24) is 4.98 Å². The summed E-state index contributed by atoms with van der Waals surface area (Å²) in [6.45, 7) is 0. The van der Waals surface area contributed by atoms with E-state index in [1.807, 2.05) is 12.1 Å². The number of aromatic amines is 1. The molecule has 2 heteroatoms. The minimum atomic E-state index is 0.868. The van der Waals surface area contributed by atoms with Gasteiger partial charge in [-0.15, -0.1) is 0 Å². The molecule has 3 N–H and O–H groups in total. The lowest BCUT2D eigenvalue weighted by Gasteiger charge is -1.96. The highest BCUT2D eigenvalue weighted by atomic mass is 14.8. The Hall–Kier alpha value is -1.44. The van der Waals surface area contributed by atoms with Gasteiger partial charge < -0.3 is 10.7 Å². The molecule has 1 aliphatic carbocycles. The summed E-state index contributed by atoms with van der Waals surface area (Å²) in [7, 11) is 0. The Bertz CT molecular complexity index is 468. The van der Waals surface area contributed by atoms with Gasteiger partial charge in [0.2, 0.25) is 0 Å². The van der Waals surface area contributed by atoms with Crippen molar-refractivity contribution < 1.29 is 0 Å². The lowest BCUT2D eigenvalue weighted by Crippen LogP contribution is -1.86. The van der Waals surface area contributed by atoms with Crippen LogP contribution in [0.4, 0.5) is 5.69 Å². The van der Waals surface area contributed by atoms with Crippen LogP contribution in [0.3, 0.4) is 0 Å². The smallest absolute Gasteiger partial charge is 0.0692 e. The van der Waals surface area contributed by atoms with Crippen molar-refractivity contribution in [3.63, 3.8) is 0 Å². The molecule has 0 fully saturated rings. The van der Waals surface area contributed by atoms with E-state index in [-0.39, 0.29) is 0 Å². The van der Waals surface area contributed by atoms with Crippen LogP contribution in [0.5, 0.6) is 0 Å². The van der Waals surface area contributed by atoms with Crippen molar-refractivity contribution in [3.05, 3.63) is 29.5 Å². The van der Waals surface area contributed by atoms with Crippen LogP contribution >= 0.6 is 0 Å². The van der Waals surface area contributed by atoms with Crippen LogP contribution in [0.2, 0.25) is 0 Å². The van der Waals surface area contributed by atoms with Crippen LogP contribution in [0, 0.1) is 0 Å². The minimum Gasteiger partial charge on any atom is -0.397 e. The Balaban J connectivity index is 2.44. The van der Waals surface area contributed by atoms with Crippen LogP contribution < -0.4 is 5.73 Å². The van der Waals surface area contributed by atoms with Gasteiger partial charge in [-0.2, -0.15) is 0 Å². The summed E-state index contributed by atoms with van der Waals surface area (Å²) in [5.74, 6) is 0. The fourth-order valence-electron chi connectivity index (χ4n) is 2.29. The molecule has 3 rings (SSSR count). The van der Waals surface area contributed by atoms with Gasteiger partial charge in [-0.1, -0.05) is 12.1 Å². The molecule has 1 heterocycles. The number of rotatable bonds is 0. The van der Waals surface area contributed by atoms with Gasteiger partial charge in [0, 0.05) is 11.1 Å². The number of benzene rings is 1. The van der Waals surface area contributed by atoms with Gasteiger partial charge in [0.15, 0.2) is 0 Å². The molecule has 2 aromatic rings. The van der Waals surface area contributed by atoms with E-state index in [0.717, 1.165) is 11.2 Å². The van der Waals surface area contributed by atoms with Gasteiger partial charge in [-0.25, -0.2) is 0 Å². The average molecular weight is 172 g/mol. The number of hydrogen-bond acceptors (Lipinski definition) is 1. The largest absolute Gasteiger partial charge is 0.397 e. The summed E-state index contributed by atoms with van der Waals surface area (Å²) >= 11 is 0. The zero-order chi connectivity index (χ0) is 8.84. The molecule has 2 nitrogen and oxygen atoms in total. The van der Waals surface area contributed by atoms with Crippen molar-refractivity contribution in [2.75, 3.05) is 5.73 Å². The molecular weight excluding hydrogens is 160 g/mol. The van der Waals surface area contributed by atoms with Crippen molar-refractivity contribution in [2.45, 2.75) is 19.3 Å². The summed E-state index contributed by atoms with van der Waals surface area (Å²) in [6, 6.07) is 6.14. The van der Waals surface area contributed by atoms with Gasteiger partial charge in [-0.05, 0) is 30.9 Å². The lowest BCUT2D eigenvalue weighted by molar-refractivity contribution is 0.899. The first-order chi connectivity index (χ1) is 6.36. The van der Waals surface area contributed by atoms with E-state index in [1.54, 1.807) is 0 Å². The van der Waals surface area contributed by atoms with E-state index in [4.69, 9.17) is 5.73 Å². The maximum absolute atomic E-state index is 5.89. The number of aromatic nitrogens is 1. The Morgan fingerprint density at radius 1 is 1.23 bits per heavy atom.